The van der Waals surface area contributed by atoms with Crippen LogP contribution in [0.5, 0.6) is 5.75 Å². The van der Waals surface area contributed by atoms with E-state index in [0.717, 1.165) is 24.2 Å². The van der Waals surface area contributed by atoms with Gasteiger partial charge in [-0.25, -0.2) is 0 Å². The summed E-state index contributed by atoms with van der Waals surface area (Å²) in [6.45, 7) is 8.75. The normalized spacial score (nSPS) is 16.8. The van der Waals surface area contributed by atoms with E-state index in [1.54, 1.807) is 16.2 Å². The van der Waals surface area contributed by atoms with Crippen LogP contribution in [0.3, 0.4) is 0 Å². The van der Waals surface area contributed by atoms with Gasteiger partial charge in [0.15, 0.2) is 0 Å². The van der Waals surface area contributed by atoms with Gasteiger partial charge in [0, 0.05) is 24.4 Å². The van der Waals surface area contributed by atoms with Crippen molar-refractivity contribution in [3.8, 4) is 5.75 Å². The Balaban J connectivity index is 1.79. The summed E-state index contributed by atoms with van der Waals surface area (Å²) in [7, 11) is 0. The van der Waals surface area contributed by atoms with E-state index >= 15 is 0 Å². The zero-order valence-corrected chi connectivity index (χ0v) is 18.5. The Morgan fingerprint density at radius 3 is 2.76 bits per heavy atom. The van der Waals surface area contributed by atoms with E-state index in [0.29, 0.717) is 13.2 Å². The third-order valence-electron chi connectivity index (χ3n) is 5.74. The standard InChI is InChI=1S/C23H30N2O3S/c1-5-17(3)25(18(4)26)14-23(27)24-12-10-22-19(11-13-29-22)20(24)15-28-21-9-7-6-8-16(21)2/h6-9,11,13,17,20H,5,10,12,14-15H2,1-4H3/t17-,20-/m1/s1. The van der Waals surface area contributed by atoms with E-state index < -0.39 is 0 Å². The Morgan fingerprint density at radius 2 is 2.07 bits per heavy atom. The number of amides is 2. The van der Waals surface area contributed by atoms with Gasteiger partial charge in [-0.1, -0.05) is 25.1 Å². The number of para-hydroxylation sites is 1. The molecule has 2 heterocycles. The minimum absolute atomic E-state index is 0.0178. The van der Waals surface area contributed by atoms with E-state index in [-0.39, 0.29) is 30.4 Å². The predicted molar refractivity (Wildman–Crippen MR) is 116 cm³/mol. The molecule has 1 aromatic carbocycles. The molecule has 0 spiro atoms. The first-order chi connectivity index (χ1) is 13.9. The smallest absolute Gasteiger partial charge is 0.242 e. The number of carbonyl (C=O) groups excluding carboxylic acids is 2. The lowest BCUT2D eigenvalue weighted by Gasteiger charge is -2.38. The summed E-state index contributed by atoms with van der Waals surface area (Å²) in [4.78, 5) is 30.2. The molecule has 6 heteroatoms. The number of ether oxygens (including phenoxy) is 1. The molecule has 0 unspecified atom stereocenters. The van der Waals surface area contributed by atoms with Crippen LogP contribution in [0.4, 0.5) is 0 Å². The predicted octanol–water partition coefficient (Wildman–Crippen LogP) is 4.21. The zero-order chi connectivity index (χ0) is 21.0. The third kappa shape index (κ3) is 4.81. The van der Waals surface area contributed by atoms with Gasteiger partial charge in [-0.15, -0.1) is 11.3 Å². The van der Waals surface area contributed by atoms with Crippen LogP contribution in [0.15, 0.2) is 35.7 Å². The molecular weight excluding hydrogens is 384 g/mol. The van der Waals surface area contributed by atoms with Crippen molar-refractivity contribution in [2.24, 2.45) is 0 Å². The molecule has 5 nitrogen and oxygen atoms in total. The second kappa shape index (κ2) is 9.44. The molecule has 0 radical (unpaired) electrons. The Hall–Kier alpha value is -2.34. The average molecular weight is 415 g/mol. The van der Waals surface area contributed by atoms with Crippen molar-refractivity contribution < 1.29 is 14.3 Å². The molecule has 0 saturated carbocycles. The molecule has 1 aromatic heterocycles. The van der Waals surface area contributed by atoms with Crippen LogP contribution in [0.2, 0.25) is 0 Å². The minimum atomic E-state index is -0.136. The van der Waals surface area contributed by atoms with Crippen molar-refractivity contribution in [1.82, 2.24) is 9.80 Å². The van der Waals surface area contributed by atoms with E-state index in [1.807, 2.05) is 49.9 Å². The summed E-state index contributed by atoms with van der Waals surface area (Å²) in [5.74, 6) is 0.761. The number of hydrogen-bond donors (Lipinski definition) is 0. The van der Waals surface area contributed by atoms with Crippen LogP contribution in [0.25, 0.3) is 0 Å². The average Bonchev–Trinajstić information content (AvgIpc) is 3.19. The highest BCUT2D eigenvalue weighted by Crippen LogP contribution is 2.34. The minimum Gasteiger partial charge on any atom is -0.491 e. The number of fused-ring (bicyclic) bond motifs is 1. The van der Waals surface area contributed by atoms with Crippen LogP contribution in [0, 0.1) is 6.92 Å². The van der Waals surface area contributed by atoms with Gasteiger partial charge in [0.2, 0.25) is 11.8 Å². The molecule has 0 bridgehead atoms. The summed E-state index contributed by atoms with van der Waals surface area (Å²) < 4.78 is 6.13. The number of thiophene rings is 1. The van der Waals surface area contributed by atoms with Crippen molar-refractivity contribution in [2.75, 3.05) is 19.7 Å². The van der Waals surface area contributed by atoms with Crippen LogP contribution in [-0.2, 0) is 16.0 Å². The Bertz CT molecular complexity index is 863. The van der Waals surface area contributed by atoms with Gasteiger partial charge < -0.3 is 14.5 Å². The Kier molecular flexibility index (Phi) is 6.96. The number of aryl methyl sites for hydroxylation is 1. The van der Waals surface area contributed by atoms with Crippen molar-refractivity contribution in [2.45, 2.75) is 52.6 Å². The number of carbonyl (C=O) groups is 2. The maximum absolute atomic E-state index is 13.2. The molecule has 1 aliphatic heterocycles. The van der Waals surface area contributed by atoms with Gasteiger partial charge in [0.25, 0.3) is 0 Å². The largest absolute Gasteiger partial charge is 0.491 e. The molecule has 156 valence electrons. The summed E-state index contributed by atoms with van der Waals surface area (Å²) in [5.41, 5.74) is 2.24. The van der Waals surface area contributed by atoms with Gasteiger partial charge in [-0.05, 0) is 55.3 Å². The van der Waals surface area contributed by atoms with Gasteiger partial charge in [0.1, 0.15) is 12.4 Å². The molecule has 3 rings (SSSR count). The summed E-state index contributed by atoms with van der Waals surface area (Å²) in [6, 6.07) is 9.93. The Morgan fingerprint density at radius 1 is 1.31 bits per heavy atom. The van der Waals surface area contributed by atoms with Crippen LogP contribution >= 0.6 is 11.3 Å². The monoisotopic (exact) mass is 414 g/mol. The van der Waals surface area contributed by atoms with Crippen LogP contribution < -0.4 is 4.74 Å². The van der Waals surface area contributed by atoms with Crippen molar-refractivity contribution in [3.05, 3.63) is 51.7 Å². The van der Waals surface area contributed by atoms with Gasteiger partial charge >= 0.3 is 0 Å². The number of nitrogens with zero attached hydrogens (tertiary/aromatic N) is 2. The molecule has 0 N–H and O–H groups in total. The maximum atomic E-state index is 13.2. The molecule has 2 aromatic rings. The van der Waals surface area contributed by atoms with E-state index in [2.05, 4.69) is 11.4 Å². The van der Waals surface area contributed by atoms with Crippen molar-refractivity contribution >= 4 is 23.2 Å². The van der Waals surface area contributed by atoms with Crippen LogP contribution in [-0.4, -0.2) is 47.4 Å². The molecule has 0 aliphatic carbocycles. The highest BCUT2D eigenvalue weighted by Gasteiger charge is 2.33. The van der Waals surface area contributed by atoms with Gasteiger partial charge in [-0.3, -0.25) is 9.59 Å². The van der Waals surface area contributed by atoms with Gasteiger partial charge in [0.05, 0.1) is 12.6 Å². The second-order valence-electron chi connectivity index (χ2n) is 7.63. The SMILES string of the molecule is CC[C@@H](C)N(CC(=O)N1CCc2sccc2[C@H]1COc1ccccc1C)C(C)=O. The van der Waals surface area contributed by atoms with E-state index in [9.17, 15) is 9.59 Å². The summed E-state index contributed by atoms with van der Waals surface area (Å²) >= 11 is 1.74. The molecule has 2 atom stereocenters. The van der Waals surface area contributed by atoms with Gasteiger partial charge in [-0.2, -0.15) is 0 Å². The highest BCUT2D eigenvalue weighted by molar-refractivity contribution is 7.10. The highest BCUT2D eigenvalue weighted by atomic mass is 32.1. The van der Waals surface area contributed by atoms with Crippen molar-refractivity contribution in [3.63, 3.8) is 0 Å². The topological polar surface area (TPSA) is 49.9 Å². The molecule has 0 fully saturated rings. The Labute approximate surface area is 177 Å². The van der Waals surface area contributed by atoms with E-state index in [4.69, 9.17) is 4.74 Å². The molecular formula is C23H30N2O3S. The quantitative estimate of drug-likeness (QED) is 0.682. The lowest BCUT2D eigenvalue weighted by molar-refractivity contribution is -0.143. The molecule has 1 aliphatic rings. The fourth-order valence-corrected chi connectivity index (χ4v) is 4.72. The zero-order valence-electron chi connectivity index (χ0n) is 17.7. The lowest BCUT2D eigenvalue weighted by Crippen LogP contribution is -2.49. The first-order valence-corrected chi connectivity index (χ1v) is 11.1. The molecule has 0 saturated heterocycles. The molecule has 2 amide bonds. The second-order valence-corrected chi connectivity index (χ2v) is 8.63. The third-order valence-corrected chi connectivity index (χ3v) is 6.73. The number of benzene rings is 1. The summed E-state index contributed by atoms with van der Waals surface area (Å²) in [6.07, 6.45) is 1.67. The van der Waals surface area contributed by atoms with Crippen molar-refractivity contribution in [1.29, 1.82) is 0 Å². The fraction of sp³-hybridized carbons (Fsp3) is 0.478. The fourth-order valence-electron chi connectivity index (χ4n) is 3.80. The van der Waals surface area contributed by atoms with Crippen LogP contribution in [0.1, 0.15) is 49.2 Å². The summed E-state index contributed by atoms with van der Waals surface area (Å²) in [5, 5.41) is 2.08. The molecule has 29 heavy (non-hydrogen) atoms. The van der Waals surface area contributed by atoms with E-state index in [1.165, 1.54) is 17.4 Å². The first-order valence-electron chi connectivity index (χ1n) is 10.2. The first kappa shape index (κ1) is 21.4. The number of rotatable bonds is 7. The maximum Gasteiger partial charge on any atom is 0.242 e. The number of hydrogen-bond acceptors (Lipinski definition) is 4. The lowest BCUT2D eigenvalue weighted by atomic mass is 10.00.